The first kappa shape index (κ1) is 14.9. The molecule has 0 bridgehead atoms. The van der Waals surface area contributed by atoms with Crippen molar-refractivity contribution in [3.63, 3.8) is 0 Å². The molecule has 0 saturated heterocycles. The number of carbonyl (C=O) groups excluding carboxylic acids is 1. The Labute approximate surface area is 96.2 Å². The standard InChI is InChI=1S/C11H21NO4/c1-3-5-6-9(11(14)15)12-10(13)7-8-16-4-2/h9H,3-8H2,1-2H3,(H,12,13)(H,14,15)/t9-/m0/s1. The van der Waals surface area contributed by atoms with Gasteiger partial charge in [0.1, 0.15) is 6.04 Å². The van der Waals surface area contributed by atoms with Gasteiger partial charge in [-0.1, -0.05) is 19.8 Å². The van der Waals surface area contributed by atoms with Crippen molar-refractivity contribution in [3.8, 4) is 0 Å². The zero-order chi connectivity index (χ0) is 12.4. The first-order chi connectivity index (χ1) is 7.61. The van der Waals surface area contributed by atoms with Gasteiger partial charge >= 0.3 is 5.97 Å². The molecule has 0 radical (unpaired) electrons. The van der Waals surface area contributed by atoms with Gasteiger partial charge in [0.05, 0.1) is 6.61 Å². The summed E-state index contributed by atoms with van der Waals surface area (Å²) < 4.78 is 5.02. The third kappa shape index (κ3) is 7.23. The Morgan fingerprint density at radius 2 is 2.06 bits per heavy atom. The quantitative estimate of drug-likeness (QED) is 0.584. The maximum absolute atomic E-state index is 11.3. The van der Waals surface area contributed by atoms with Gasteiger partial charge in [-0.2, -0.15) is 0 Å². The van der Waals surface area contributed by atoms with Crippen LogP contribution in [0.3, 0.4) is 0 Å². The Morgan fingerprint density at radius 3 is 2.56 bits per heavy atom. The van der Waals surface area contributed by atoms with Gasteiger partial charge in [-0.3, -0.25) is 4.79 Å². The molecule has 0 fully saturated rings. The van der Waals surface area contributed by atoms with Gasteiger partial charge in [-0.05, 0) is 13.3 Å². The van der Waals surface area contributed by atoms with Gasteiger partial charge in [0.15, 0.2) is 0 Å². The molecule has 0 aromatic rings. The Morgan fingerprint density at radius 1 is 1.38 bits per heavy atom. The van der Waals surface area contributed by atoms with Crippen molar-refractivity contribution in [2.75, 3.05) is 13.2 Å². The summed E-state index contributed by atoms with van der Waals surface area (Å²) in [5.41, 5.74) is 0. The van der Waals surface area contributed by atoms with Crippen molar-refractivity contribution in [2.24, 2.45) is 0 Å². The van der Waals surface area contributed by atoms with Crippen molar-refractivity contribution in [1.82, 2.24) is 5.32 Å². The second kappa shape index (κ2) is 9.15. The molecule has 16 heavy (non-hydrogen) atoms. The van der Waals surface area contributed by atoms with E-state index in [9.17, 15) is 9.59 Å². The molecule has 0 spiro atoms. The van der Waals surface area contributed by atoms with Gasteiger partial charge in [-0.15, -0.1) is 0 Å². The number of carboxylic acid groups (broad SMARTS) is 1. The van der Waals surface area contributed by atoms with Crippen LogP contribution < -0.4 is 5.32 Å². The summed E-state index contributed by atoms with van der Waals surface area (Å²) in [5, 5.41) is 11.4. The summed E-state index contributed by atoms with van der Waals surface area (Å²) in [4.78, 5) is 22.2. The summed E-state index contributed by atoms with van der Waals surface area (Å²) in [7, 11) is 0. The number of nitrogens with one attached hydrogen (secondary N) is 1. The molecule has 0 aliphatic heterocycles. The van der Waals surface area contributed by atoms with Crippen LogP contribution >= 0.6 is 0 Å². The Balaban J connectivity index is 3.88. The molecule has 2 N–H and O–H groups in total. The van der Waals surface area contributed by atoms with Crippen molar-refractivity contribution in [1.29, 1.82) is 0 Å². The van der Waals surface area contributed by atoms with E-state index in [4.69, 9.17) is 9.84 Å². The predicted molar refractivity (Wildman–Crippen MR) is 60.2 cm³/mol. The molecule has 0 saturated carbocycles. The number of carboxylic acids is 1. The van der Waals surface area contributed by atoms with E-state index < -0.39 is 12.0 Å². The number of carbonyl (C=O) groups is 2. The summed E-state index contributed by atoms with van der Waals surface area (Å²) in [6, 6.07) is -0.769. The van der Waals surface area contributed by atoms with Crippen LogP contribution in [0.5, 0.6) is 0 Å². The lowest BCUT2D eigenvalue weighted by atomic mass is 10.1. The fourth-order valence-electron chi connectivity index (χ4n) is 1.24. The topological polar surface area (TPSA) is 75.6 Å². The zero-order valence-electron chi connectivity index (χ0n) is 9.99. The minimum atomic E-state index is -0.974. The van der Waals surface area contributed by atoms with E-state index in [1.54, 1.807) is 0 Å². The van der Waals surface area contributed by atoms with Gasteiger partial charge in [-0.25, -0.2) is 4.79 Å². The molecule has 0 aromatic carbocycles. The second-order valence-electron chi connectivity index (χ2n) is 3.55. The molecule has 0 heterocycles. The zero-order valence-corrected chi connectivity index (χ0v) is 9.99. The fourth-order valence-corrected chi connectivity index (χ4v) is 1.24. The second-order valence-corrected chi connectivity index (χ2v) is 3.55. The fraction of sp³-hybridized carbons (Fsp3) is 0.818. The molecule has 94 valence electrons. The number of aliphatic carboxylic acids is 1. The smallest absolute Gasteiger partial charge is 0.326 e. The molecule has 0 aromatic heterocycles. The van der Waals surface area contributed by atoms with Crippen LogP contribution in [-0.4, -0.2) is 36.2 Å². The summed E-state index contributed by atoms with van der Waals surface area (Å²) in [6.45, 7) is 4.73. The highest BCUT2D eigenvalue weighted by atomic mass is 16.5. The average molecular weight is 231 g/mol. The highest BCUT2D eigenvalue weighted by molar-refractivity contribution is 5.83. The highest BCUT2D eigenvalue weighted by Crippen LogP contribution is 2.01. The lowest BCUT2D eigenvalue weighted by Gasteiger charge is -2.13. The number of unbranched alkanes of at least 4 members (excludes halogenated alkanes) is 1. The van der Waals surface area contributed by atoms with Crippen molar-refractivity contribution in [2.45, 2.75) is 45.6 Å². The maximum atomic E-state index is 11.3. The van der Waals surface area contributed by atoms with Crippen LogP contribution in [-0.2, 0) is 14.3 Å². The first-order valence-electron chi connectivity index (χ1n) is 5.71. The van der Waals surface area contributed by atoms with Crippen LogP contribution in [0, 0.1) is 0 Å². The molecular weight excluding hydrogens is 210 g/mol. The lowest BCUT2D eigenvalue weighted by molar-refractivity contribution is -0.142. The number of ether oxygens (including phenoxy) is 1. The molecule has 0 aliphatic carbocycles. The van der Waals surface area contributed by atoms with Gasteiger partial charge < -0.3 is 15.2 Å². The average Bonchev–Trinajstić information content (AvgIpc) is 2.24. The molecule has 0 rings (SSSR count). The van der Waals surface area contributed by atoms with Crippen molar-refractivity contribution >= 4 is 11.9 Å². The third-order valence-electron chi connectivity index (χ3n) is 2.16. The monoisotopic (exact) mass is 231 g/mol. The SMILES string of the molecule is CCCC[C@H](NC(=O)CCOCC)C(=O)O. The van der Waals surface area contributed by atoms with E-state index >= 15 is 0 Å². The van der Waals surface area contributed by atoms with Crippen LogP contribution in [0.25, 0.3) is 0 Å². The van der Waals surface area contributed by atoms with Crippen LogP contribution in [0.2, 0.25) is 0 Å². The van der Waals surface area contributed by atoms with E-state index in [1.807, 2.05) is 13.8 Å². The summed E-state index contributed by atoms with van der Waals surface area (Å²) in [6.07, 6.45) is 2.40. The Bertz CT molecular complexity index is 218. The molecule has 1 atom stereocenters. The number of amides is 1. The van der Waals surface area contributed by atoms with Crippen LogP contribution in [0.1, 0.15) is 39.5 Å². The molecular formula is C11H21NO4. The molecule has 0 aliphatic rings. The minimum absolute atomic E-state index is 0.212. The lowest BCUT2D eigenvalue weighted by Crippen LogP contribution is -2.41. The van der Waals surface area contributed by atoms with Gasteiger partial charge in [0, 0.05) is 13.0 Å². The number of hydrogen-bond acceptors (Lipinski definition) is 3. The Kier molecular flexibility index (Phi) is 8.52. The Hall–Kier alpha value is -1.10. The van der Waals surface area contributed by atoms with E-state index in [2.05, 4.69) is 5.32 Å². The normalized spacial score (nSPS) is 12.1. The van der Waals surface area contributed by atoms with E-state index in [0.717, 1.165) is 12.8 Å². The third-order valence-corrected chi connectivity index (χ3v) is 2.16. The minimum Gasteiger partial charge on any atom is -0.480 e. The van der Waals surface area contributed by atoms with Crippen LogP contribution in [0.4, 0.5) is 0 Å². The summed E-state index contributed by atoms with van der Waals surface area (Å²) >= 11 is 0. The largest absolute Gasteiger partial charge is 0.480 e. The summed E-state index contributed by atoms with van der Waals surface area (Å²) in [5.74, 6) is -1.24. The maximum Gasteiger partial charge on any atom is 0.326 e. The van der Waals surface area contributed by atoms with E-state index in [-0.39, 0.29) is 12.3 Å². The molecule has 1 amide bonds. The van der Waals surface area contributed by atoms with Crippen LogP contribution in [0.15, 0.2) is 0 Å². The molecule has 0 unspecified atom stereocenters. The van der Waals surface area contributed by atoms with E-state index in [1.165, 1.54) is 0 Å². The molecule has 5 heteroatoms. The van der Waals surface area contributed by atoms with E-state index in [0.29, 0.717) is 19.6 Å². The van der Waals surface area contributed by atoms with Crippen molar-refractivity contribution < 1.29 is 19.4 Å². The first-order valence-corrected chi connectivity index (χ1v) is 5.71. The highest BCUT2D eigenvalue weighted by Gasteiger charge is 2.18. The number of hydrogen-bond donors (Lipinski definition) is 2. The van der Waals surface area contributed by atoms with Gasteiger partial charge in [0.25, 0.3) is 0 Å². The van der Waals surface area contributed by atoms with Gasteiger partial charge in [0.2, 0.25) is 5.91 Å². The van der Waals surface area contributed by atoms with Crippen molar-refractivity contribution in [3.05, 3.63) is 0 Å². The number of rotatable bonds is 9. The predicted octanol–water partition coefficient (Wildman–Crippen LogP) is 1.17. The molecule has 5 nitrogen and oxygen atoms in total.